The van der Waals surface area contributed by atoms with E-state index in [9.17, 15) is 49.1 Å². The third kappa shape index (κ3) is 9.84. The summed E-state index contributed by atoms with van der Waals surface area (Å²) in [4.78, 5) is 0. The highest BCUT2D eigenvalue weighted by Crippen LogP contribution is 2.46. The Labute approximate surface area is 312 Å². The highest BCUT2D eigenvalue weighted by molar-refractivity contribution is 7.87. The van der Waals surface area contributed by atoms with Crippen molar-refractivity contribution in [2.75, 3.05) is 7.11 Å². The summed E-state index contributed by atoms with van der Waals surface area (Å²) in [6.45, 7) is 0. The lowest BCUT2D eigenvalue weighted by Gasteiger charge is -2.47. The molecule has 0 radical (unpaired) electrons. The van der Waals surface area contributed by atoms with Crippen molar-refractivity contribution in [3.05, 3.63) is 0 Å². The molecule has 6 aliphatic rings. The number of methoxy groups -OCH3 is 1. The predicted molar refractivity (Wildman–Crippen MR) is 192 cm³/mol. The molecule has 6 N–H and O–H groups in total. The first-order valence-electron chi connectivity index (χ1n) is 19.3. The molecule has 15 unspecified atom stereocenters. The smallest absolute Gasteiger partial charge is 0.270 e. The maximum Gasteiger partial charge on any atom is 0.270 e. The third-order valence-electron chi connectivity index (χ3n) is 13.4. The summed E-state index contributed by atoms with van der Waals surface area (Å²) >= 11 is 0. The maximum absolute atomic E-state index is 12.6. The van der Waals surface area contributed by atoms with E-state index in [4.69, 9.17) is 4.74 Å². The molecule has 6 fully saturated rings. The van der Waals surface area contributed by atoms with Crippen LogP contribution in [0.5, 0.6) is 0 Å². The van der Waals surface area contributed by atoms with Gasteiger partial charge in [0, 0.05) is 32.0 Å². The van der Waals surface area contributed by atoms with Gasteiger partial charge in [-0.05, 0) is 94.3 Å². The molecule has 0 aromatic heterocycles. The second-order valence-corrected chi connectivity index (χ2v) is 21.6. The molecular weight excluding hydrogens is 755 g/mol. The van der Waals surface area contributed by atoms with Crippen molar-refractivity contribution < 1.29 is 53.9 Å². The molecule has 17 nitrogen and oxygen atoms in total. The van der Waals surface area contributed by atoms with Gasteiger partial charge in [-0.3, -0.25) is 13.7 Å². The lowest BCUT2D eigenvalue weighted by atomic mass is 9.66. The van der Waals surface area contributed by atoms with E-state index in [0.717, 1.165) is 25.7 Å². The fourth-order valence-corrected chi connectivity index (χ4v) is 14.0. The molecule has 0 amide bonds. The number of aliphatic hydroxyl groups excluding tert-OH is 2. The molecule has 6 rings (SSSR count). The van der Waals surface area contributed by atoms with Gasteiger partial charge in [0.15, 0.2) is 0 Å². The van der Waals surface area contributed by atoms with Gasteiger partial charge >= 0.3 is 0 Å². The van der Waals surface area contributed by atoms with Crippen LogP contribution < -0.4 is 5.32 Å². The number of aliphatic hydroxyl groups is 2. The zero-order valence-corrected chi connectivity index (χ0v) is 32.6. The minimum Gasteiger partial charge on any atom is -0.391 e. The van der Waals surface area contributed by atoms with Crippen molar-refractivity contribution in [3.63, 3.8) is 0 Å². The van der Waals surface area contributed by atoms with E-state index in [-0.39, 0.29) is 55.9 Å². The average molecular weight is 812 g/mol. The first kappa shape index (κ1) is 41.4. The maximum atomic E-state index is 12.6. The monoisotopic (exact) mass is 811 g/mol. The van der Waals surface area contributed by atoms with Crippen LogP contribution in [0.3, 0.4) is 0 Å². The number of hydrogen-bond acceptors (Lipinski definition) is 14. The van der Waals surface area contributed by atoms with E-state index in [0.29, 0.717) is 25.3 Å². The van der Waals surface area contributed by atoms with Crippen LogP contribution in [0.25, 0.3) is 0 Å². The summed E-state index contributed by atoms with van der Waals surface area (Å²) in [7, 11) is -12.2. The zero-order valence-electron chi connectivity index (χ0n) is 30.2. The second kappa shape index (κ2) is 16.7. The number of fused-ring (bicyclic) bond motifs is 2. The average Bonchev–Trinajstić information content (AvgIpc) is 3.09. The molecule has 15 atom stereocenters. The Morgan fingerprint density at radius 3 is 1.94 bits per heavy atom. The molecule has 53 heavy (non-hydrogen) atoms. The largest absolute Gasteiger partial charge is 0.391 e. The van der Waals surface area contributed by atoms with Crippen LogP contribution >= 0.6 is 0 Å². The van der Waals surface area contributed by atoms with Gasteiger partial charge in [0.05, 0.1) is 46.9 Å². The van der Waals surface area contributed by atoms with Gasteiger partial charge in [0.25, 0.3) is 30.4 Å². The fraction of sp³-hybridized carbons (Fsp3) is 1.00. The molecule has 0 aliphatic heterocycles. The Morgan fingerprint density at radius 2 is 1.28 bits per heavy atom. The van der Waals surface area contributed by atoms with Crippen LogP contribution in [0.4, 0.5) is 0 Å². The number of nitrogens with one attached hydrogen (secondary N) is 1. The van der Waals surface area contributed by atoms with E-state index >= 15 is 0 Å². The van der Waals surface area contributed by atoms with Crippen LogP contribution in [-0.2, 0) is 35.1 Å². The molecule has 6 aliphatic carbocycles. The summed E-state index contributed by atoms with van der Waals surface area (Å²) in [6.07, 6.45) is 6.77. The van der Waals surface area contributed by atoms with Gasteiger partial charge in [0.1, 0.15) is 11.3 Å². The number of hydrogen-bond donors (Lipinski definition) is 6. The molecule has 20 heteroatoms. The van der Waals surface area contributed by atoms with Crippen molar-refractivity contribution in [2.24, 2.45) is 44.1 Å². The lowest BCUT2D eigenvalue weighted by Crippen LogP contribution is -2.56. The highest BCUT2D eigenvalue weighted by atomic mass is 32.2. The van der Waals surface area contributed by atoms with Gasteiger partial charge in [-0.15, -0.1) is 0 Å². The summed E-state index contributed by atoms with van der Waals surface area (Å²) in [5, 5.41) is 40.0. The predicted octanol–water partition coefficient (Wildman–Crippen LogP) is 2.99. The van der Waals surface area contributed by atoms with Gasteiger partial charge in [-0.25, -0.2) is 0 Å². The van der Waals surface area contributed by atoms with E-state index < -0.39 is 101 Å². The molecule has 0 aromatic carbocycles. The topological polar surface area (TPSA) is 274 Å². The SMILES string of the molecule is COC1CC(N=NC2C(O)C3CCC(NC4CCCCC4)CC3CC2S(=O)(=O)O)C(O)CC1N=NC1CCC2CC(S(=O)(=O)O)CC(S(=O)(=O)O)C2C1. The van der Waals surface area contributed by atoms with Gasteiger partial charge in [0.2, 0.25) is 0 Å². The Hall–Kier alpha value is -1.23. The van der Waals surface area contributed by atoms with E-state index in [1.165, 1.54) is 26.4 Å². The van der Waals surface area contributed by atoms with Crippen LogP contribution in [0.2, 0.25) is 0 Å². The van der Waals surface area contributed by atoms with Crippen molar-refractivity contribution in [1.29, 1.82) is 0 Å². The Balaban J connectivity index is 1.08. The minimum atomic E-state index is -4.60. The number of ether oxygens (including phenoxy) is 1. The summed E-state index contributed by atoms with van der Waals surface area (Å²) in [5.41, 5.74) is 0. The number of nitrogens with zero attached hydrogens (tertiary/aromatic N) is 4. The number of rotatable bonds is 10. The molecule has 0 bridgehead atoms. The summed E-state index contributed by atoms with van der Waals surface area (Å²) < 4.78 is 109. The van der Waals surface area contributed by atoms with Crippen molar-refractivity contribution in [3.8, 4) is 0 Å². The van der Waals surface area contributed by atoms with E-state index in [1.54, 1.807) is 0 Å². The van der Waals surface area contributed by atoms with Gasteiger partial charge in [-0.2, -0.15) is 45.7 Å². The third-order valence-corrected chi connectivity index (χ3v) is 17.2. The normalized spacial score (nSPS) is 43.8. The van der Waals surface area contributed by atoms with Crippen LogP contribution in [0.1, 0.15) is 103 Å². The standard InChI is InChI=1S/C33H57N5O12S3/c1-50-29-17-26(28(39)16-27(29)37-35-22-8-7-18-12-23(51(41,42)43)15-30(25(18)14-22)52(44,45)46)36-38-32-31(53(47,48)49)13-19-11-21(9-10-24(19)33(32)40)34-20-5-3-2-4-6-20/h18-34,39-40H,2-17H2,1H3,(H,41,42,43)(H,44,45,46)(H,47,48,49). The highest BCUT2D eigenvalue weighted by Gasteiger charge is 2.52. The van der Waals surface area contributed by atoms with Crippen molar-refractivity contribution in [1.82, 2.24) is 5.32 Å². The molecule has 6 saturated carbocycles. The molecular formula is C33H57N5O12S3. The number of azo groups is 2. The van der Waals surface area contributed by atoms with Crippen LogP contribution in [0.15, 0.2) is 20.5 Å². The Kier molecular flexibility index (Phi) is 13.0. The fourth-order valence-electron chi connectivity index (χ4n) is 10.6. The minimum absolute atomic E-state index is 0.0865. The van der Waals surface area contributed by atoms with Gasteiger partial charge in [-0.1, -0.05) is 19.3 Å². The molecule has 0 spiro atoms. The first-order chi connectivity index (χ1) is 24.9. The zero-order chi connectivity index (χ0) is 38.3. The summed E-state index contributed by atoms with van der Waals surface area (Å²) in [5.74, 6) is -1.18. The second-order valence-electron chi connectivity index (χ2n) is 16.7. The lowest BCUT2D eigenvalue weighted by molar-refractivity contribution is -0.0179. The van der Waals surface area contributed by atoms with Crippen molar-refractivity contribution in [2.45, 2.75) is 173 Å². The van der Waals surface area contributed by atoms with Crippen LogP contribution in [-0.4, -0.2) is 127 Å². The molecule has 304 valence electrons. The Morgan fingerprint density at radius 1 is 0.585 bits per heavy atom. The first-order valence-corrected chi connectivity index (χ1v) is 23.8. The van der Waals surface area contributed by atoms with Crippen LogP contribution in [0, 0.1) is 23.7 Å². The summed E-state index contributed by atoms with van der Waals surface area (Å²) in [6, 6.07) is -2.29. The quantitative estimate of drug-likeness (QED) is 0.137. The molecule has 0 saturated heterocycles. The molecule has 0 aromatic rings. The van der Waals surface area contributed by atoms with Crippen molar-refractivity contribution >= 4 is 30.4 Å². The van der Waals surface area contributed by atoms with E-state index in [1.807, 2.05) is 0 Å². The van der Waals surface area contributed by atoms with Gasteiger partial charge < -0.3 is 20.3 Å². The molecule has 0 heterocycles. The Bertz CT molecular complexity index is 1660. The van der Waals surface area contributed by atoms with E-state index in [2.05, 4.69) is 25.8 Å².